The minimum absolute atomic E-state index is 0.0892. The van der Waals surface area contributed by atoms with E-state index in [0.717, 1.165) is 19.3 Å². The molecule has 0 spiro atoms. The van der Waals surface area contributed by atoms with Crippen LogP contribution in [0, 0.1) is 5.92 Å². The first kappa shape index (κ1) is 20.3. The number of carbonyl (C=O) groups excluding carboxylic acids is 3. The zero-order valence-corrected chi connectivity index (χ0v) is 14.6. The van der Waals surface area contributed by atoms with E-state index in [-0.39, 0.29) is 36.3 Å². The fraction of sp³-hybridized carbons (Fsp3) is 0.632. The van der Waals surface area contributed by atoms with Crippen molar-refractivity contribution in [1.29, 1.82) is 0 Å². The molecule has 24 heavy (non-hydrogen) atoms. The van der Waals surface area contributed by atoms with Crippen molar-refractivity contribution in [2.24, 2.45) is 5.92 Å². The monoisotopic (exact) mass is 336 g/mol. The van der Waals surface area contributed by atoms with Gasteiger partial charge in [-0.05, 0) is 12.8 Å². The number of unbranched alkanes of at least 4 members (excludes halogenated alkanes) is 2. The summed E-state index contributed by atoms with van der Waals surface area (Å²) in [6.07, 6.45) is 8.90. The second-order valence-corrected chi connectivity index (χ2v) is 6.17. The van der Waals surface area contributed by atoms with Gasteiger partial charge in [0.15, 0.2) is 5.78 Å². The number of aliphatic hydroxyl groups excluding tert-OH is 1. The van der Waals surface area contributed by atoms with E-state index >= 15 is 0 Å². The van der Waals surface area contributed by atoms with Gasteiger partial charge in [0.2, 0.25) is 0 Å². The molecule has 0 heterocycles. The van der Waals surface area contributed by atoms with Gasteiger partial charge in [-0.2, -0.15) is 0 Å². The first-order valence-corrected chi connectivity index (χ1v) is 8.66. The van der Waals surface area contributed by atoms with E-state index < -0.39 is 6.10 Å². The van der Waals surface area contributed by atoms with E-state index in [2.05, 4.69) is 11.7 Å². The number of methoxy groups -OCH3 is 1. The Morgan fingerprint density at radius 3 is 2.71 bits per heavy atom. The Kier molecular flexibility index (Phi) is 9.23. The van der Waals surface area contributed by atoms with Crippen LogP contribution >= 0.6 is 0 Å². The van der Waals surface area contributed by atoms with E-state index in [4.69, 9.17) is 0 Å². The first-order valence-electron chi connectivity index (χ1n) is 8.66. The van der Waals surface area contributed by atoms with E-state index in [1.807, 2.05) is 0 Å². The van der Waals surface area contributed by atoms with Gasteiger partial charge in [-0.15, -0.1) is 0 Å². The molecule has 1 aliphatic rings. The van der Waals surface area contributed by atoms with Crippen LogP contribution in [0.4, 0.5) is 0 Å². The van der Waals surface area contributed by atoms with Crippen LogP contribution in [0.1, 0.15) is 58.3 Å². The van der Waals surface area contributed by atoms with Crippen LogP contribution in [-0.2, 0) is 19.1 Å². The Labute approximate surface area is 143 Å². The van der Waals surface area contributed by atoms with Gasteiger partial charge in [0.25, 0.3) is 0 Å². The molecule has 2 atom stereocenters. The zero-order valence-electron chi connectivity index (χ0n) is 14.6. The van der Waals surface area contributed by atoms with Gasteiger partial charge in [0, 0.05) is 30.8 Å². The second-order valence-electron chi connectivity index (χ2n) is 6.17. The largest absolute Gasteiger partial charge is 0.469 e. The summed E-state index contributed by atoms with van der Waals surface area (Å²) < 4.78 is 4.53. The highest BCUT2D eigenvalue weighted by Gasteiger charge is 2.36. The third-order valence-electron chi connectivity index (χ3n) is 4.30. The lowest BCUT2D eigenvalue weighted by Crippen LogP contribution is -2.16. The third kappa shape index (κ3) is 6.79. The Morgan fingerprint density at radius 1 is 1.29 bits per heavy atom. The van der Waals surface area contributed by atoms with Crippen molar-refractivity contribution in [2.45, 2.75) is 64.4 Å². The first-order chi connectivity index (χ1) is 11.5. The predicted octanol–water partition coefficient (Wildman–Crippen LogP) is 2.91. The summed E-state index contributed by atoms with van der Waals surface area (Å²) in [6.45, 7) is 2.09. The molecule has 1 aliphatic carbocycles. The number of aliphatic hydroxyl groups is 1. The number of allylic oxidation sites excluding steroid dienone is 2. The summed E-state index contributed by atoms with van der Waals surface area (Å²) in [5, 5.41) is 10.1. The lowest BCUT2D eigenvalue weighted by molar-refractivity contribution is -0.139. The number of ether oxygens (including phenoxy) is 1. The summed E-state index contributed by atoms with van der Waals surface area (Å²) in [5.41, 5.74) is 0.546. The molecule has 2 unspecified atom stereocenters. The lowest BCUT2D eigenvalue weighted by atomic mass is 9.92. The number of rotatable bonds is 10. The molecule has 1 N–H and O–H groups in total. The number of Topliss-reactive ketones (excluding diaryl/α,β-unsaturated/α-hetero) is 2. The molecule has 0 amide bonds. The van der Waals surface area contributed by atoms with E-state index in [9.17, 15) is 19.5 Å². The summed E-state index contributed by atoms with van der Waals surface area (Å²) in [7, 11) is 1.32. The highest BCUT2D eigenvalue weighted by Crippen LogP contribution is 2.32. The topological polar surface area (TPSA) is 80.7 Å². The fourth-order valence-corrected chi connectivity index (χ4v) is 2.86. The minimum atomic E-state index is -0.721. The zero-order chi connectivity index (χ0) is 17.9. The molecular formula is C19H28O5. The van der Waals surface area contributed by atoms with E-state index in [0.29, 0.717) is 24.8 Å². The maximum atomic E-state index is 12.0. The molecule has 0 saturated heterocycles. The average Bonchev–Trinajstić information content (AvgIpc) is 2.82. The molecule has 0 aliphatic heterocycles. The standard InChI is InChI=1S/C19H28O5/c1-3-4-5-8-14(20)11-12-16-15(17(21)13-18(16)22)9-6-7-10-19(23)24-2/h6-7,9,16,18,22H,3-5,8,10-13H2,1-2H3. The highest BCUT2D eigenvalue weighted by molar-refractivity contribution is 5.99. The molecule has 134 valence electrons. The molecule has 1 fully saturated rings. The number of hydrogen-bond donors (Lipinski definition) is 1. The molecule has 0 radical (unpaired) electrons. The smallest absolute Gasteiger partial charge is 0.309 e. The van der Waals surface area contributed by atoms with Crippen LogP contribution in [-0.4, -0.2) is 35.9 Å². The van der Waals surface area contributed by atoms with Crippen molar-refractivity contribution in [3.63, 3.8) is 0 Å². The molecular weight excluding hydrogens is 308 g/mol. The Balaban J connectivity index is 2.57. The SMILES string of the molecule is CCCCCC(=O)CCC1C(=CC=CCC(=O)OC)C(=O)CC1O. The molecule has 5 heteroatoms. The number of ketones is 2. The molecule has 0 aromatic carbocycles. The maximum absolute atomic E-state index is 12.0. The predicted molar refractivity (Wildman–Crippen MR) is 91.4 cm³/mol. The lowest BCUT2D eigenvalue weighted by Gasteiger charge is -2.14. The van der Waals surface area contributed by atoms with Crippen LogP contribution in [0.2, 0.25) is 0 Å². The quantitative estimate of drug-likeness (QED) is 0.377. The van der Waals surface area contributed by atoms with Crippen molar-refractivity contribution in [1.82, 2.24) is 0 Å². The average molecular weight is 336 g/mol. The summed E-state index contributed by atoms with van der Waals surface area (Å²) in [5.74, 6) is -0.545. The molecule has 1 saturated carbocycles. The Hall–Kier alpha value is -1.75. The van der Waals surface area contributed by atoms with Crippen molar-refractivity contribution >= 4 is 17.5 Å². The normalized spacial score (nSPS) is 22.5. The van der Waals surface area contributed by atoms with Gasteiger partial charge in [-0.25, -0.2) is 0 Å². The summed E-state index contributed by atoms with van der Waals surface area (Å²) in [6, 6.07) is 0. The Morgan fingerprint density at radius 2 is 2.04 bits per heavy atom. The van der Waals surface area contributed by atoms with Gasteiger partial charge in [0.1, 0.15) is 5.78 Å². The van der Waals surface area contributed by atoms with Crippen LogP contribution in [0.5, 0.6) is 0 Å². The third-order valence-corrected chi connectivity index (χ3v) is 4.30. The van der Waals surface area contributed by atoms with E-state index in [1.54, 1.807) is 18.2 Å². The molecule has 1 rings (SSSR count). The number of hydrogen-bond acceptors (Lipinski definition) is 5. The maximum Gasteiger partial charge on any atom is 0.309 e. The van der Waals surface area contributed by atoms with Crippen molar-refractivity contribution in [3.05, 3.63) is 23.8 Å². The molecule has 0 aromatic rings. The van der Waals surface area contributed by atoms with Gasteiger partial charge in [0.05, 0.1) is 19.6 Å². The van der Waals surface area contributed by atoms with Gasteiger partial charge < -0.3 is 9.84 Å². The van der Waals surface area contributed by atoms with Crippen LogP contribution in [0.15, 0.2) is 23.8 Å². The molecule has 0 bridgehead atoms. The number of esters is 1. The minimum Gasteiger partial charge on any atom is -0.469 e. The van der Waals surface area contributed by atoms with Crippen molar-refractivity contribution < 1.29 is 24.2 Å². The van der Waals surface area contributed by atoms with Crippen molar-refractivity contribution in [2.75, 3.05) is 7.11 Å². The molecule has 0 aromatic heterocycles. The van der Waals surface area contributed by atoms with Gasteiger partial charge in [-0.3, -0.25) is 14.4 Å². The molecule has 5 nitrogen and oxygen atoms in total. The second kappa shape index (κ2) is 10.9. The number of carbonyl (C=O) groups is 3. The van der Waals surface area contributed by atoms with Crippen LogP contribution < -0.4 is 0 Å². The summed E-state index contributed by atoms with van der Waals surface area (Å²) >= 11 is 0. The fourth-order valence-electron chi connectivity index (χ4n) is 2.86. The highest BCUT2D eigenvalue weighted by atomic mass is 16.5. The van der Waals surface area contributed by atoms with Crippen molar-refractivity contribution in [3.8, 4) is 0 Å². The summed E-state index contributed by atoms with van der Waals surface area (Å²) in [4.78, 5) is 34.9. The van der Waals surface area contributed by atoms with E-state index in [1.165, 1.54) is 7.11 Å². The van der Waals surface area contributed by atoms with Crippen LogP contribution in [0.3, 0.4) is 0 Å². The van der Waals surface area contributed by atoms with Gasteiger partial charge in [-0.1, -0.05) is 38.0 Å². The Bertz CT molecular complexity index is 504. The van der Waals surface area contributed by atoms with Crippen LogP contribution in [0.25, 0.3) is 0 Å². The van der Waals surface area contributed by atoms with Gasteiger partial charge >= 0.3 is 5.97 Å².